The fraction of sp³-hybridized carbons (Fsp3) is 0.261. The highest BCUT2D eigenvalue weighted by molar-refractivity contribution is 6.09. The maximum Gasteiger partial charge on any atom is 0.344 e. The first kappa shape index (κ1) is 18.9. The fourth-order valence-corrected chi connectivity index (χ4v) is 3.39. The van der Waals surface area contributed by atoms with Crippen molar-refractivity contribution < 1.29 is 9.53 Å². The van der Waals surface area contributed by atoms with Gasteiger partial charge in [0.25, 0.3) is 0 Å². The lowest BCUT2D eigenvalue weighted by Crippen LogP contribution is -2.15. The summed E-state index contributed by atoms with van der Waals surface area (Å²) in [6, 6.07) is 13.7. The van der Waals surface area contributed by atoms with Gasteiger partial charge in [0.05, 0.1) is 22.8 Å². The quantitative estimate of drug-likeness (QED) is 0.511. The van der Waals surface area contributed by atoms with Gasteiger partial charge in [-0.1, -0.05) is 31.2 Å². The highest BCUT2D eigenvalue weighted by Gasteiger charge is 2.27. The molecule has 29 heavy (non-hydrogen) atoms. The summed E-state index contributed by atoms with van der Waals surface area (Å²) >= 11 is 0. The Labute approximate surface area is 169 Å². The number of nitrogens with zero attached hydrogens (tertiary/aromatic N) is 3. The molecule has 0 aliphatic carbocycles. The predicted molar refractivity (Wildman–Crippen MR) is 115 cm³/mol. The van der Waals surface area contributed by atoms with Gasteiger partial charge in [-0.15, -0.1) is 0 Å². The number of ether oxygens (including phenoxy) is 1. The third kappa shape index (κ3) is 3.20. The van der Waals surface area contributed by atoms with Gasteiger partial charge in [0, 0.05) is 0 Å². The van der Waals surface area contributed by atoms with Gasteiger partial charge in [-0.2, -0.15) is 0 Å². The molecule has 4 rings (SSSR count). The smallest absolute Gasteiger partial charge is 0.344 e. The van der Waals surface area contributed by atoms with Crippen LogP contribution in [0.1, 0.15) is 41.8 Å². The van der Waals surface area contributed by atoms with Gasteiger partial charge in [0.1, 0.15) is 16.9 Å². The van der Waals surface area contributed by atoms with Crippen LogP contribution < -0.4 is 5.73 Å². The first-order valence-electron chi connectivity index (χ1n) is 9.76. The number of hydrogen-bond donors (Lipinski definition) is 1. The number of nitrogen functional groups attached to an aromatic ring is 1. The summed E-state index contributed by atoms with van der Waals surface area (Å²) < 4.78 is 7.40. The highest BCUT2D eigenvalue weighted by atomic mass is 16.5. The number of nitrogens with two attached hydrogens (primary N) is 1. The van der Waals surface area contributed by atoms with Crippen LogP contribution in [0.4, 0.5) is 5.82 Å². The van der Waals surface area contributed by atoms with Crippen molar-refractivity contribution in [2.24, 2.45) is 0 Å². The van der Waals surface area contributed by atoms with Gasteiger partial charge in [-0.05, 0) is 56.5 Å². The molecule has 6 heteroatoms. The van der Waals surface area contributed by atoms with Crippen molar-refractivity contribution in [2.75, 3.05) is 5.73 Å². The molecule has 2 N–H and O–H groups in total. The third-order valence-corrected chi connectivity index (χ3v) is 5.19. The van der Waals surface area contributed by atoms with Crippen molar-refractivity contribution in [1.82, 2.24) is 14.5 Å². The number of aryl methyl sites for hydroxylation is 2. The summed E-state index contributed by atoms with van der Waals surface area (Å²) in [6.45, 7) is 7.85. The summed E-state index contributed by atoms with van der Waals surface area (Å²) in [5, 5.41) is 0. The van der Waals surface area contributed by atoms with E-state index in [0.717, 1.165) is 28.8 Å². The monoisotopic (exact) mass is 388 g/mol. The Morgan fingerprint density at radius 3 is 2.52 bits per heavy atom. The molecule has 2 aromatic heterocycles. The fourth-order valence-electron chi connectivity index (χ4n) is 3.39. The summed E-state index contributed by atoms with van der Waals surface area (Å²) in [7, 11) is 0. The number of fused-ring (bicyclic) bond motifs is 2. The second kappa shape index (κ2) is 7.20. The topological polar surface area (TPSA) is 83.0 Å². The number of anilines is 1. The summed E-state index contributed by atoms with van der Waals surface area (Å²) in [4.78, 5) is 22.5. The minimum absolute atomic E-state index is 0.213. The minimum Gasteiger partial charge on any atom is -0.459 e. The van der Waals surface area contributed by atoms with Crippen LogP contribution in [0.3, 0.4) is 0 Å². The van der Waals surface area contributed by atoms with E-state index in [1.807, 2.05) is 74.7 Å². The number of hydrogen-bond acceptors (Lipinski definition) is 5. The second-order valence-corrected chi connectivity index (χ2v) is 7.39. The van der Waals surface area contributed by atoms with Gasteiger partial charge in [-0.25, -0.2) is 14.8 Å². The molecule has 6 nitrogen and oxygen atoms in total. The number of rotatable bonds is 4. The van der Waals surface area contributed by atoms with Crippen LogP contribution in [-0.2, 0) is 4.74 Å². The van der Waals surface area contributed by atoms with Gasteiger partial charge in [0.2, 0.25) is 0 Å². The number of carbonyl (C=O) groups is 1. The number of carbonyl (C=O) groups excluding carboxylic acids is 1. The van der Waals surface area contributed by atoms with Crippen LogP contribution in [0.15, 0.2) is 42.5 Å². The lowest BCUT2D eigenvalue weighted by atomic mass is 10.1. The van der Waals surface area contributed by atoms with E-state index in [1.54, 1.807) is 0 Å². The molecule has 0 aliphatic heterocycles. The van der Waals surface area contributed by atoms with Crippen molar-refractivity contribution in [3.8, 4) is 5.69 Å². The maximum atomic E-state index is 13.0. The van der Waals surface area contributed by atoms with Gasteiger partial charge in [-0.3, -0.25) is 4.57 Å². The lowest BCUT2D eigenvalue weighted by molar-refractivity contribution is 0.0338. The molecular formula is C23H24N4O2. The number of benzene rings is 2. The zero-order valence-corrected chi connectivity index (χ0v) is 17.1. The van der Waals surface area contributed by atoms with E-state index in [1.165, 1.54) is 0 Å². The van der Waals surface area contributed by atoms with Crippen LogP contribution in [0, 0.1) is 13.8 Å². The molecule has 148 valence electrons. The number of aromatic nitrogens is 3. The largest absolute Gasteiger partial charge is 0.459 e. The van der Waals surface area contributed by atoms with Crippen LogP contribution in [0.2, 0.25) is 0 Å². The highest BCUT2D eigenvalue weighted by Crippen LogP contribution is 2.33. The average Bonchev–Trinajstić information content (AvgIpc) is 2.98. The van der Waals surface area contributed by atoms with Gasteiger partial charge in [0.15, 0.2) is 5.65 Å². The standard InChI is InChI=1S/C23H24N4O2/c1-5-15(4)29-23(28)19-20-22(26-17-9-7-6-8-16(17)25-20)27(21(19)24)18-12-13(2)10-11-14(18)3/h6-12,15H,5,24H2,1-4H3/t15-/m1/s1. The Morgan fingerprint density at radius 1 is 1.14 bits per heavy atom. The second-order valence-electron chi connectivity index (χ2n) is 7.39. The minimum atomic E-state index is -0.476. The molecule has 0 aliphatic rings. The summed E-state index contributed by atoms with van der Waals surface area (Å²) in [5.74, 6) is -0.187. The molecular weight excluding hydrogens is 364 g/mol. The van der Waals surface area contributed by atoms with E-state index in [2.05, 4.69) is 0 Å². The molecule has 0 radical (unpaired) electrons. The van der Waals surface area contributed by atoms with Crippen LogP contribution in [-0.4, -0.2) is 26.6 Å². The van der Waals surface area contributed by atoms with Crippen LogP contribution >= 0.6 is 0 Å². The van der Waals surface area contributed by atoms with Crippen LogP contribution in [0.5, 0.6) is 0 Å². The van der Waals surface area contributed by atoms with Crippen LogP contribution in [0.25, 0.3) is 27.9 Å². The van der Waals surface area contributed by atoms with Crippen molar-refractivity contribution in [3.63, 3.8) is 0 Å². The lowest BCUT2D eigenvalue weighted by Gasteiger charge is -2.13. The SMILES string of the molecule is CC[C@@H](C)OC(=O)c1c(N)n(-c2cc(C)ccc2C)c2nc3ccccc3nc12. The Kier molecular flexibility index (Phi) is 4.70. The van der Waals surface area contributed by atoms with Gasteiger partial charge < -0.3 is 10.5 Å². The van der Waals surface area contributed by atoms with Crippen molar-refractivity contribution in [3.05, 3.63) is 59.2 Å². The predicted octanol–water partition coefficient (Wildman–Crippen LogP) is 4.73. The molecule has 0 unspecified atom stereocenters. The average molecular weight is 388 g/mol. The summed E-state index contributed by atoms with van der Waals surface area (Å²) in [6.07, 6.45) is 0.505. The van der Waals surface area contributed by atoms with E-state index in [9.17, 15) is 4.79 Å². The Morgan fingerprint density at radius 2 is 1.83 bits per heavy atom. The molecule has 4 aromatic rings. The molecule has 0 bridgehead atoms. The molecule has 2 aromatic carbocycles. The molecule has 1 atom stereocenters. The zero-order chi connectivity index (χ0) is 20.7. The first-order chi connectivity index (χ1) is 13.9. The molecule has 0 saturated carbocycles. The van der Waals surface area contributed by atoms with E-state index < -0.39 is 5.97 Å². The number of para-hydroxylation sites is 2. The third-order valence-electron chi connectivity index (χ3n) is 5.19. The number of esters is 1. The Bertz CT molecular complexity index is 1240. The van der Waals surface area contributed by atoms with Crippen molar-refractivity contribution in [1.29, 1.82) is 0 Å². The summed E-state index contributed by atoms with van der Waals surface area (Å²) in [5.41, 5.74) is 12.2. The molecule has 0 fully saturated rings. The normalized spacial score (nSPS) is 12.4. The van der Waals surface area contributed by atoms with E-state index >= 15 is 0 Å². The zero-order valence-electron chi connectivity index (χ0n) is 17.1. The first-order valence-corrected chi connectivity index (χ1v) is 9.76. The molecule has 0 spiro atoms. The van der Waals surface area contributed by atoms with Crippen molar-refractivity contribution in [2.45, 2.75) is 40.2 Å². The van der Waals surface area contributed by atoms with E-state index in [-0.39, 0.29) is 17.5 Å². The molecule has 2 heterocycles. The maximum absolute atomic E-state index is 13.0. The molecule has 0 saturated heterocycles. The van der Waals surface area contributed by atoms with Gasteiger partial charge >= 0.3 is 5.97 Å². The van der Waals surface area contributed by atoms with Crippen molar-refractivity contribution >= 4 is 34.0 Å². The Balaban J connectivity index is 2.07. The van der Waals surface area contributed by atoms with E-state index in [0.29, 0.717) is 16.7 Å². The Hall–Kier alpha value is -3.41. The van der Waals surface area contributed by atoms with E-state index in [4.69, 9.17) is 20.4 Å². The molecule has 0 amide bonds.